The van der Waals surface area contributed by atoms with Crippen molar-refractivity contribution in [3.05, 3.63) is 34.9 Å². The summed E-state index contributed by atoms with van der Waals surface area (Å²) in [7, 11) is 0. The van der Waals surface area contributed by atoms with Gasteiger partial charge >= 0.3 is 0 Å². The Morgan fingerprint density at radius 3 is 2.67 bits per heavy atom. The zero-order valence-electron chi connectivity index (χ0n) is 6.55. The van der Waals surface area contributed by atoms with Crippen LogP contribution in [0, 0.1) is 11.3 Å². The third kappa shape index (κ3) is 1.84. The van der Waals surface area contributed by atoms with Crippen LogP contribution in [0.5, 0.6) is 0 Å². The van der Waals surface area contributed by atoms with Gasteiger partial charge in [0.2, 0.25) is 0 Å². The summed E-state index contributed by atoms with van der Waals surface area (Å²) in [5.74, 6) is 0. The standard InChI is InChI=1S/C9H9BrN2/c10-4-9-3-7(5-11)1-2-8(9)6-12/h1-3H,4,6,12H2. The number of alkyl halides is 1. The van der Waals surface area contributed by atoms with Crippen molar-refractivity contribution in [2.75, 3.05) is 0 Å². The molecule has 0 saturated carbocycles. The molecular formula is C9H9BrN2. The van der Waals surface area contributed by atoms with Crippen molar-refractivity contribution >= 4 is 15.9 Å². The van der Waals surface area contributed by atoms with Crippen LogP contribution >= 0.6 is 15.9 Å². The van der Waals surface area contributed by atoms with Crippen LogP contribution in [0.4, 0.5) is 0 Å². The van der Waals surface area contributed by atoms with Gasteiger partial charge in [0.05, 0.1) is 11.6 Å². The largest absolute Gasteiger partial charge is 0.326 e. The smallest absolute Gasteiger partial charge is 0.0991 e. The molecule has 0 aromatic heterocycles. The molecule has 1 aromatic carbocycles. The highest BCUT2D eigenvalue weighted by atomic mass is 79.9. The van der Waals surface area contributed by atoms with Crippen LogP contribution in [-0.2, 0) is 11.9 Å². The SMILES string of the molecule is N#Cc1ccc(CN)c(CBr)c1. The third-order valence-corrected chi connectivity index (χ3v) is 2.30. The summed E-state index contributed by atoms with van der Waals surface area (Å²) in [6.45, 7) is 0.520. The number of hydrogen-bond acceptors (Lipinski definition) is 2. The van der Waals surface area contributed by atoms with Crippen LogP contribution < -0.4 is 5.73 Å². The quantitative estimate of drug-likeness (QED) is 0.781. The lowest BCUT2D eigenvalue weighted by molar-refractivity contribution is 1.04. The van der Waals surface area contributed by atoms with Crippen LogP contribution in [0.1, 0.15) is 16.7 Å². The second-order valence-electron chi connectivity index (χ2n) is 2.43. The first-order chi connectivity index (χ1) is 5.81. The summed E-state index contributed by atoms with van der Waals surface area (Å²) in [5, 5.41) is 9.37. The van der Waals surface area contributed by atoms with E-state index in [1.807, 2.05) is 12.1 Å². The molecule has 12 heavy (non-hydrogen) atoms. The minimum absolute atomic E-state index is 0.520. The van der Waals surface area contributed by atoms with Gasteiger partial charge in [-0.25, -0.2) is 0 Å². The zero-order chi connectivity index (χ0) is 8.97. The predicted molar refractivity (Wildman–Crippen MR) is 51.7 cm³/mol. The number of nitriles is 1. The zero-order valence-corrected chi connectivity index (χ0v) is 8.13. The highest BCUT2D eigenvalue weighted by molar-refractivity contribution is 9.08. The van der Waals surface area contributed by atoms with Crippen LogP contribution in [0.15, 0.2) is 18.2 Å². The van der Waals surface area contributed by atoms with E-state index in [9.17, 15) is 0 Å². The van der Waals surface area contributed by atoms with Gasteiger partial charge in [-0.2, -0.15) is 5.26 Å². The molecule has 2 nitrogen and oxygen atoms in total. The Kier molecular flexibility index (Phi) is 3.27. The Labute approximate surface area is 80.1 Å². The van der Waals surface area contributed by atoms with Gasteiger partial charge in [-0.1, -0.05) is 22.0 Å². The Balaban J connectivity index is 3.13. The highest BCUT2D eigenvalue weighted by Crippen LogP contribution is 2.14. The molecule has 0 radical (unpaired) electrons. The van der Waals surface area contributed by atoms with E-state index in [4.69, 9.17) is 11.0 Å². The Hall–Kier alpha value is -0.850. The molecule has 1 rings (SSSR count). The molecule has 0 atom stereocenters. The van der Waals surface area contributed by atoms with E-state index < -0.39 is 0 Å². The number of halogens is 1. The second-order valence-corrected chi connectivity index (χ2v) is 2.99. The third-order valence-electron chi connectivity index (χ3n) is 1.70. The molecule has 0 unspecified atom stereocenters. The van der Waals surface area contributed by atoms with Gasteiger partial charge in [0.1, 0.15) is 0 Å². The minimum atomic E-state index is 0.520. The highest BCUT2D eigenvalue weighted by Gasteiger charge is 2.00. The van der Waals surface area contributed by atoms with Gasteiger partial charge in [0, 0.05) is 11.9 Å². The van der Waals surface area contributed by atoms with Crippen molar-refractivity contribution < 1.29 is 0 Å². The van der Waals surface area contributed by atoms with Crippen molar-refractivity contribution in [1.82, 2.24) is 0 Å². The van der Waals surface area contributed by atoms with Crippen molar-refractivity contribution in [2.24, 2.45) is 5.73 Å². The average Bonchev–Trinajstić information content (AvgIpc) is 2.16. The van der Waals surface area contributed by atoms with Gasteiger partial charge < -0.3 is 5.73 Å². The molecule has 3 heteroatoms. The molecule has 0 fully saturated rings. The maximum atomic E-state index is 8.62. The van der Waals surface area contributed by atoms with Gasteiger partial charge in [-0.05, 0) is 23.3 Å². The normalized spacial score (nSPS) is 9.42. The maximum absolute atomic E-state index is 8.62. The van der Waals surface area contributed by atoms with Crippen LogP contribution in [-0.4, -0.2) is 0 Å². The summed E-state index contributed by atoms with van der Waals surface area (Å²) >= 11 is 3.35. The summed E-state index contributed by atoms with van der Waals surface area (Å²) in [4.78, 5) is 0. The summed E-state index contributed by atoms with van der Waals surface area (Å²) in [6, 6.07) is 7.63. The van der Waals surface area contributed by atoms with Crippen molar-refractivity contribution in [3.63, 3.8) is 0 Å². The average molecular weight is 225 g/mol. The van der Waals surface area contributed by atoms with Crippen molar-refractivity contribution in [1.29, 1.82) is 5.26 Å². The molecule has 0 spiro atoms. The number of hydrogen-bond donors (Lipinski definition) is 1. The van der Waals surface area contributed by atoms with E-state index in [-0.39, 0.29) is 0 Å². The fourth-order valence-corrected chi connectivity index (χ4v) is 1.54. The first-order valence-electron chi connectivity index (χ1n) is 3.59. The van der Waals surface area contributed by atoms with Gasteiger partial charge in [-0.15, -0.1) is 0 Å². The lowest BCUT2D eigenvalue weighted by Gasteiger charge is -2.03. The molecule has 2 N–H and O–H groups in total. The Morgan fingerprint density at radius 1 is 1.42 bits per heavy atom. The molecule has 0 heterocycles. The first kappa shape index (κ1) is 9.24. The fraction of sp³-hybridized carbons (Fsp3) is 0.222. The van der Waals surface area contributed by atoms with E-state index in [0.29, 0.717) is 12.1 Å². The number of nitrogens with two attached hydrogens (primary N) is 1. The Morgan fingerprint density at radius 2 is 2.17 bits per heavy atom. The second kappa shape index (κ2) is 4.24. The summed E-state index contributed by atoms with van der Waals surface area (Å²) in [5.41, 5.74) is 8.38. The van der Waals surface area contributed by atoms with Gasteiger partial charge in [0.25, 0.3) is 0 Å². The predicted octanol–water partition coefficient (Wildman–Crippen LogP) is 1.91. The molecule has 62 valence electrons. The molecule has 0 aliphatic carbocycles. The molecule has 0 aliphatic heterocycles. The van der Waals surface area contributed by atoms with Crippen LogP contribution in [0.3, 0.4) is 0 Å². The molecule has 1 aromatic rings. The minimum Gasteiger partial charge on any atom is -0.326 e. The van der Waals surface area contributed by atoms with Crippen molar-refractivity contribution in [3.8, 4) is 6.07 Å². The van der Waals surface area contributed by atoms with Crippen LogP contribution in [0.2, 0.25) is 0 Å². The Bertz CT molecular complexity index is 315. The van der Waals surface area contributed by atoms with E-state index in [2.05, 4.69) is 22.0 Å². The lowest BCUT2D eigenvalue weighted by atomic mass is 10.1. The number of rotatable bonds is 2. The molecule has 0 amide bonds. The fourth-order valence-electron chi connectivity index (χ4n) is 1.02. The van der Waals surface area contributed by atoms with Crippen LogP contribution in [0.25, 0.3) is 0 Å². The van der Waals surface area contributed by atoms with E-state index in [0.717, 1.165) is 16.5 Å². The van der Waals surface area contributed by atoms with Crippen molar-refractivity contribution in [2.45, 2.75) is 11.9 Å². The molecular weight excluding hydrogens is 216 g/mol. The topological polar surface area (TPSA) is 49.8 Å². The number of benzene rings is 1. The molecule has 0 aliphatic rings. The molecule has 0 bridgehead atoms. The van der Waals surface area contributed by atoms with E-state index in [1.165, 1.54) is 0 Å². The van der Waals surface area contributed by atoms with E-state index in [1.54, 1.807) is 6.07 Å². The lowest BCUT2D eigenvalue weighted by Crippen LogP contribution is -2.00. The van der Waals surface area contributed by atoms with E-state index >= 15 is 0 Å². The van der Waals surface area contributed by atoms with Gasteiger partial charge in [-0.3, -0.25) is 0 Å². The monoisotopic (exact) mass is 224 g/mol. The molecule has 0 saturated heterocycles. The number of nitrogens with zero attached hydrogens (tertiary/aromatic N) is 1. The van der Waals surface area contributed by atoms with Gasteiger partial charge in [0.15, 0.2) is 0 Å². The maximum Gasteiger partial charge on any atom is 0.0991 e. The summed E-state index contributed by atoms with van der Waals surface area (Å²) < 4.78 is 0. The summed E-state index contributed by atoms with van der Waals surface area (Å²) in [6.07, 6.45) is 0. The first-order valence-corrected chi connectivity index (χ1v) is 4.72.